The first-order valence-corrected chi connectivity index (χ1v) is 11.4. The number of methoxy groups -OCH3 is 1. The molecule has 1 aliphatic heterocycles. The number of hydrogen-bond donors (Lipinski definition) is 3. The van der Waals surface area contributed by atoms with E-state index in [2.05, 4.69) is 22.3 Å². The fourth-order valence-corrected chi connectivity index (χ4v) is 4.54. The van der Waals surface area contributed by atoms with E-state index < -0.39 is 12.0 Å². The Labute approximate surface area is 197 Å². The molecule has 10 nitrogen and oxygen atoms in total. The van der Waals surface area contributed by atoms with Crippen molar-refractivity contribution in [1.82, 2.24) is 19.5 Å². The lowest BCUT2D eigenvalue weighted by Crippen LogP contribution is -2.50. The number of nitrogens with zero attached hydrogens (tertiary/aromatic N) is 4. The van der Waals surface area contributed by atoms with E-state index in [0.29, 0.717) is 36.6 Å². The smallest absolute Gasteiger partial charge is 0.252 e. The first-order valence-electron chi connectivity index (χ1n) is 11.4. The minimum absolute atomic E-state index is 0.0201. The average molecular weight is 467 g/mol. The number of amides is 2. The Bertz CT molecular complexity index is 1210. The van der Waals surface area contributed by atoms with Crippen molar-refractivity contribution in [2.24, 2.45) is 11.7 Å². The van der Waals surface area contributed by atoms with Crippen molar-refractivity contribution in [2.45, 2.75) is 38.8 Å². The SMILES string of the molecule is CC[C@H]1CN(C(=O)[C@H](C)O)CC[C@H]1Nc1c(C(N)=O)cnn2cc(-c3ccnc(OC)c3)cc12. The number of aromatic nitrogens is 3. The summed E-state index contributed by atoms with van der Waals surface area (Å²) in [6, 6.07) is 5.68. The molecule has 4 N–H and O–H groups in total. The maximum absolute atomic E-state index is 12.3. The molecular formula is C24H30N6O4. The summed E-state index contributed by atoms with van der Waals surface area (Å²) in [6.07, 6.45) is 5.51. The van der Waals surface area contributed by atoms with Crippen molar-refractivity contribution in [3.05, 3.63) is 42.4 Å². The standard InChI is InChI=1S/C24H30N6O4/c1-4-15-12-29(24(33)14(2)31)8-6-19(15)28-22-18(23(25)32)11-27-30-13-17(9-20(22)30)16-5-7-26-21(10-16)34-3/h5,7,9-11,13-15,19,28,31H,4,6,8,12H2,1-3H3,(H2,25,32)/t14-,15-,19+/m0/s1. The van der Waals surface area contributed by atoms with Gasteiger partial charge in [-0.3, -0.25) is 9.59 Å². The number of aliphatic hydroxyl groups excluding tert-OH is 1. The van der Waals surface area contributed by atoms with Crippen LogP contribution in [0.1, 0.15) is 37.0 Å². The van der Waals surface area contributed by atoms with Crippen molar-refractivity contribution in [1.29, 1.82) is 0 Å². The van der Waals surface area contributed by atoms with Crippen LogP contribution in [0, 0.1) is 5.92 Å². The number of ether oxygens (including phenoxy) is 1. The monoisotopic (exact) mass is 466 g/mol. The molecule has 3 aromatic heterocycles. The van der Waals surface area contributed by atoms with Crippen LogP contribution in [0.4, 0.5) is 5.69 Å². The number of piperidine rings is 1. The van der Waals surface area contributed by atoms with Gasteiger partial charge in [-0.25, -0.2) is 9.50 Å². The van der Waals surface area contributed by atoms with Crippen LogP contribution in [0.5, 0.6) is 5.88 Å². The number of pyridine rings is 1. The van der Waals surface area contributed by atoms with Crippen LogP contribution in [0.15, 0.2) is 36.8 Å². The van der Waals surface area contributed by atoms with Gasteiger partial charge >= 0.3 is 0 Å². The summed E-state index contributed by atoms with van der Waals surface area (Å²) in [4.78, 5) is 30.4. The molecule has 4 rings (SSSR count). The number of primary amides is 1. The van der Waals surface area contributed by atoms with E-state index in [1.165, 1.54) is 13.1 Å². The summed E-state index contributed by atoms with van der Waals surface area (Å²) in [5.41, 5.74) is 9.14. The van der Waals surface area contributed by atoms with Gasteiger partial charge in [0.25, 0.3) is 11.8 Å². The Morgan fingerprint density at radius 3 is 2.82 bits per heavy atom. The number of anilines is 1. The molecule has 0 bridgehead atoms. The number of likely N-dealkylation sites (tertiary alicyclic amines) is 1. The molecule has 1 saturated heterocycles. The summed E-state index contributed by atoms with van der Waals surface area (Å²) in [7, 11) is 1.56. The summed E-state index contributed by atoms with van der Waals surface area (Å²) in [6.45, 7) is 4.62. The molecule has 1 aliphatic rings. The molecule has 0 unspecified atom stereocenters. The largest absolute Gasteiger partial charge is 0.481 e. The molecule has 34 heavy (non-hydrogen) atoms. The fraction of sp³-hybridized carbons (Fsp3) is 0.417. The molecule has 4 heterocycles. The van der Waals surface area contributed by atoms with Gasteiger partial charge in [-0.2, -0.15) is 5.10 Å². The molecule has 3 atom stereocenters. The van der Waals surface area contributed by atoms with Gasteiger partial charge in [0, 0.05) is 43.2 Å². The highest BCUT2D eigenvalue weighted by atomic mass is 16.5. The third-order valence-corrected chi connectivity index (χ3v) is 6.44. The van der Waals surface area contributed by atoms with Crippen LogP contribution in [-0.2, 0) is 4.79 Å². The molecule has 0 aromatic carbocycles. The Kier molecular flexibility index (Phi) is 6.69. The topological polar surface area (TPSA) is 135 Å². The summed E-state index contributed by atoms with van der Waals surface area (Å²) < 4.78 is 6.95. The molecular weight excluding hydrogens is 436 g/mol. The number of nitrogens with one attached hydrogen (secondary N) is 1. The van der Waals surface area contributed by atoms with Crippen molar-refractivity contribution in [3.8, 4) is 17.0 Å². The minimum atomic E-state index is -1.02. The maximum atomic E-state index is 12.3. The third kappa shape index (κ3) is 4.54. The lowest BCUT2D eigenvalue weighted by Gasteiger charge is -2.39. The van der Waals surface area contributed by atoms with Crippen molar-refractivity contribution >= 4 is 23.0 Å². The molecule has 1 fully saturated rings. The highest BCUT2D eigenvalue weighted by molar-refractivity contribution is 6.02. The molecule has 0 saturated carbocycles. The molecule has 0 spiro atoms. The summed E-state index contributed by atoms with van der Waals surface area (Å²) >= 11 is 0. The van der Waals surface area contributed by atoms with Gasteiger partial charge in [0.15, 0.2) is 0 Å². The Balaban J connectivity index is 1.69. The minimum Gasteiger partial charge on any atom is -0.481 e. The molecule has 0 aliphatic carbocycles. The van der Waals surface area contributed by atoms with Gasteiger partial charge in [-0.15, -0.1) is 0 Å². The first-order chi connectivity index (χ1) is 16.3. The fourth-order valence-electron chi connectivity index (χ4n) is 4.54. The second-order valence-corrected chi connectivity index (χ2v) is 8.61. The van der Waals surface area contributed by atoms with Crippen molar-refractivity contribution < 1.29 is 19.4 Å². The van der Waals surface area contributed by atoms with Crippen molar-refractivity contribution in [2.75, 3.05) is 25.5 Å². The van der Waals surface area contributed by atoms with Gasteiger partial charge in [0.2, 0.25) is 5.88 Å². The van der Waals surface area contributed by atoms with Crippen LogP contribution < -0.4 is 15.8 Å². The van der Waals surface area contributed by atoms with Crippen LogP contribution >= 0.6 is 0 Å². The zero-order chi connectivity index (χ0) is 24.4. The average Bonchev–Trinajstić information content (AvgIpc) is 3.28. The lowest BCUT2D eigenvalue weighted by atomic mass is 9.89. The highest BCUT2D eigenvalue weighted by Gasteiger charge is 2.32. The highest BCUT2D eigenvalue weighted by Crippen LogP contribution is 2.32. The number of rotatable bonds is 7. The van der Waals surface area contributed by atoms with E-state index in [9.17, 15) is 14.7 Å². The summed E-state index contributed by atoms with van der Waals surface area (Å²) in [5, 5.41) is 17.6. The van der Waals surface area contributed by atoms with Gasteiger partial charge in [-0.05, 0) is 43.4 Å². The van der Waals surface area contributed by atoms with E-state index >= 15 is 0 Å². The van der Waals surface area contributed by atoms with Gasteiger partial charge in [0.1, 0.15) is 6.10 Å². The molecule has 0 radical (unpaired) electrons. The molecule has 10 heteroatoms. The Morgan fingerprint density at radius 1 is 1.35 bits per heavy atom. The van der Waals surface area contributed by atoms with E-state index in [1.54, 1.807) is 22.7 Å². The predicted molar refractivity (Wildman–Crippen MR) is 128 cm³/mol. The second kappa shape index (κ2) is 9.68. The van der Waals surface area contributed by atoms with Crippen LogP contribution in [0.3, 0.4) is 0 Å². The van der Waals surface area contributed by atoms with Crippen molar-refractivity contribution in [3.63, 3.8) is 0 Å². The Morgan fingerprint density at radius 2 is 2.15 bits per heavy atom. The number of aliphatic hydroxyl groups is 1. The zero-order valence-electron chi connectivity index (χ0n) is 19.6. The number of fused-ring (bicyclic) bond motifs is 1. The predicted octanol–water partition coefficient (Wildman–Crippen LogP) is 1.92. The molecule has 2 amide bonds. The van der Waals surface area contributed by atoms with Crippen LogP contribution in [0.2, 0.25) is 0 Å². The van der Waals surface area contributed by atoms with Gasteiger partial charge < -0.3 is 25.8 Å². The van der Waals surface area contributed by atoms with E-state index in [1.807, 2.05) is 24.4 Å². The second-order valence-electron chi connectivity index (χ2n) is 8.61. The third-order valence-electron chi connectivity index (χ3n) is 6.44. The van der Waals surface area contributed by atoms with Gasteiger partial charge in [-0.1, -0.05) is 6.92 Å². The van der Waals surface area contributed by atoms with E-state index in [-0.39, 0.29) is 17.9 Å². The van der Waals surface area contributed by atoms with Crippen LogP contribution in [-0.4, -0.2) is 68.8 Å². The number of hydrogen-bond acceptors (Lipinski definition) is 7. The van der Waals surface area contributed by atoms with E-state index in [4.69, 9.17) is 10.5 Å². The molecule has 180 valence electrons. The zero-order valence-corrected chi connectivity index (χ0v) is 19.6. The lowest BCUT2D eigenvalue weighted by molar-refractivity contribution is -0.141. The Hall–Kier alpha value is -3.66. The number of carbonyl (C=O) groups excluding carboxylic acids is 2. The molecule has 3 aromatic rings. The normalized spacial score (nSPS) is 19.1. The summed E-state index contributed by atoms with van der Waals surface area (Å²) in [5.74, 6) is -0.184. The number of nitrogens with two attached hydrogens (primary N) is 1. The quantitative estimate of drug-likeness (QED) is 0.484. The van der Waals surface area contributed by atoms with Crippen LogP contribution in [0.25, 0.3) is 16.6 Å². The number of carbonyl (C=O) groups is 2. The first kappa shape index (κ1) is 23.5. The van der Waals surface area contributed by atoms with E-state index in [0.717, 1.165) is 23.1 Å². The van der Waals surface area contributed by atoms with Gasteiger partial charge in [0.05, 0.1) is 30.1 Å². The maximum Gasteiger partial charge on any atom is 0.252 e.